The Labute approximate surface area is 197 Å². The third kappa shape index (κ3) is 3.21. The maximum Gasteiger partial charge on any atom is 0.270 e. The number of hydrogen-bond donors (Lipinski definition) is 1. The van der Waals surface area contributed by atoms with E-state index in [2.05, 4.69) is 15.1 Å². The van der Waals surface area contributed by atoms with Crippen LogP contribution in [0.5, 0.6) is 0 Å². The molecule has 8 nitrogen and oxygen atoms in total. The summed E-state index contributed by atoms with van der Waals surface area (Å²) in [7, 11) is 1.84. The van der Waals surface area contributed by atoms with Crippen molar-refractivity contribution < 1.29 is 9.59 Å². The van der Waals surface area contributed by atoms with Gasteiger partial charge < -0.3 is 14.8 Å². The number of aryl methyl sites for hydroxylation is 1. The summed E-state index contributed by atoms with van der Waals surface area (Å²) in [5.74, 6) is -0.154. The number of benzene rings is 1. The third-order valence-electron chi connectivity index (χ3n) is 7.21. The number of nitrogens with one attached hydrogen (secondary N) is 1. The van der Waals surface area contributed by atoms with Crippen LogP contribution in [0.3, 0.4) is 0 Å². The summed E-state index contributed by atoms with van der Waals surface area (Å²) in [5, 5.41) is 5.46. The number of rotatable bonds is 4. The van der Waals surface area contributed by atoms with Crippen molar-refractivity contribution in [3.05, 3.63) is 83.1 Å². The topological polar surface area (TPSA) is 87.1 Å². The summed E-state index contributed by atoms with van der Waals surface area (Å²) in [4.78, 5) is 38.3. The molecule has 1 fully saturated rings. The average molecular weight is 455 g/mol. The van der Waals surface area contributed by atoms with Crippen LogP contribution >= 0.6 is 0 Å². The fourth-order valence-electron chi connectivity index (χ4n) is 4.96. The minimum Gasteiger partial charge on any atom is -0.351 e. The van der Waals surface area contributed by atoms with Gasteiger partial charge in [0.1, 0.15) is 5.69 Å². The molecule has 0 unspecified atom stereocenters. The summed E-state index contributed by atoms with van der Waals surface area (Å²) >= 11 is 0. The van der Waals surface area contributed by atoms with Gasteiger partial charge in [0, 0.05) is 30.7 Å². The molecular weight excluding hydrogens is 428 g/mol. The molecular formula is C26H26N6O2. The number of carbonyl (C=O) groups excluding carboxylic acids is 2. The van der Waals surface area contributed by atoms with E-state index in [1.54, 1.807) is 16.0 Å². The standard InChI is InChI=1S/C26H26N6O2/c1-17-7-8-23(27-14-17)26(9-10-26)30(2)24(33)19-15-28-32-12-11-31(16-22(19)32)25(34)21-13-18-5-3-4-6-20(18)29-21/h3-8,13-15,29H,9-12,16H2,1-2H3. The van der Waals surface area contributed by atoms with Crippen LogP contribution < -0.4 is 0 Å². The quantitative estimate of drug-likeness (QED) is 0.511. The maximum absolute atomic E-state index is 13.6. The molecule has 34 heavy (non-hydrogen) atoms. The number of hydrogen-bond acceptors (Lipinski definition) is 4. The van der Waals surface area contributed by atoms with Crippen molar-refractivity contribution in [3.63, 3.8) is 0 Å². The van der Waals surface area contributed by atoms with Crippen molar-refractivity contribution >= 4 is 22.7 Å². The number of amides is 2. The predicted octanol–water partition coefficient (Wildman–Crippen LogP) is 3.49. The maximum atomic E-state index is 13.6. The van der Waals surface area contributed by atoms with Crippen molar-refractivity contribution in [1.82, 2.24) is 29.5 Å². The number of aromatic nitrogens is 4. The number of H-pyrrole nitrogens is 1. The Kier molecular flexibility index (Phi) is 4.58. The van der Waals surface area contributed by atoms with E-state index in [0.29, 0.717) is 30.9 Å². The molecule has 1 aliphatic heterocycles. The molecule has 8 heteroatoms. The van der Waals surface area contributed by atoms with E-state index < -0.39 is 0 Å². The lowest BCUT2D eigenvalue weighted by Crippen LogP contribution is -2.41. The number of pyridine rings is 1. The Morgan fingerprint density at radius 3 is 2.65 bits per heavy atom. The molecule has 1 aromatic carbocycles. The highest BCUT2D eigenvalue weighted by Crippen LogP contribution is 2.50. The van der Waals surface area contributed by atoms with Gasteiger partial charge in [0.15, 0.2) is 0 Å². The fourth-order valence-corrected chi connectivity index (χ4v) is 4.96. The molecule has 2 aliphatic rings. The predicted molar refractivity (Wildman–Crippen MR) is 127 cm³/mol. The van der Waals surface area contributed by atoms with Crippen LogP contribution in [-0.2, 0) is 18.6 Å². The number of nitrogens with zero attached hydrogens (tertiary/aromatic N) is 5. The van der Waals surface area contributed by atoms with Crippen molar-refractivity contribution in [3.8, 4) is 0 Å². The van der Waals surface area contributed by atoms with Crippen molar-refractivity contribution in [1.29, 1.82) is 0 Å². The Morgan fingerprint density at radius 2 is 1.91 bits per heavy atom. The molecule has 172 valence electrons. The molecule has 6 rings (SSSR count). The normalized spacial score (nSPS) is 16.4. The molecule has 1 aliphatic carbocycles. The molecule has 4 aromatic rings. The van der Waals surface area contributed by atoms with E-state index in [9.17, 15) is 9.59 Å². The van der Waals surface area contributed by atoms with Crippen LogP contribution in [0.1, 0.15) is 50.6 Å². The second-order valence-corrected chi connectivity index (χ2v) is 9.34. The molecule has 0 atom stereocenters. The van der Waals surface area contributed by atoms with Gasteiger partial charge in [0.25, 0.3) is 11.8 Å². The highest BCUT2D eigenvalue weighted by molar-refractivity contribution is 5.99. The lowest BCUT2D eigenvalue weighted by Gasteiger charge is -2.30. The van der Waals surface area contributed by atoms with Crippen molar-refractivity contribution in [2.45, 2.75) is 38.4 Å². The van der Waals surface area contributed by atoms with Crippen molar-refractivity contribution in [2.75, 3.05) is 13.6 Å². The average Bonchev–Trinajstić information content (AvgIpc) is 3.37. The number of carbonyl (C=O) groups is 2. The summed E-state index contributed by atoms with van der Waals surface area (Å²) < 4.78 is 1.85. The Morgan fingerprint density at radius 1 is 1.09 bits per heavy atom. The summed E-state index contributed by atoms with van der Waals surface area (Å²) in [6.45, 7) is 3.46. The van der Waals surface area contributed by atoms with E-state index in [4.69, 9.17) is 0 Å². The van der Waals surface area contributed by atoms with Gasteiger partial charge in [-0.25, -0.2) is 0 Å². The number of para-hydroxylation sites is 1. The molecule has 0 spiro atoms. The molecule has 0 saturated heterocycles. The van der Waals surface area contributed by atoms with E-state index >= 15 is 0 Å². The van der Waals surface area contributed by atoms with Crippen LogP contribution in [0.4, 0.5) is 0 Å². The van der Waals surface area contributed by atoms with E-state index in [-0.39, 0.29) is 17.4 Å². The molecule has 0 bridgehead atoms. The first-order valence-corrected chi connectivity index (χ1v) is 11.6. The lowest BCUT2D eigenvalue weighted by molar-refractivity contribution is 0.0668. The zero-order valence-electron chi connectivity index (χ0n) is 19.3. The van der Waals surface area contributed by atoms with Crippen LogP contribution in [0.15, 0.2) is 54.9 Å². The van der Waals surface area contributed by atoms with Gasteiger partial charge in [-0.1, -0.05) is 24.3 Å². The van der Waals surface area contributed by atoms with Gasteiger partial charge >= 0.3 is 0 Å². The Balaban J connectivity index is 1.25. The fraction of sp³-hybridized carbons (Fsp3) is 0.308. The van der Waals surface area contributed by atoms with Gasteiger partial charge in [-0.3, -0.25) is 19.3 Å². The molecule has 1 saturated carbocycles. The highest BCUT2D eigenvalue weighted by atomic mass is 16.2. The first-order chi connectivity index (χ1) is 16.5. The van der Waals surface area contributed by atoms with Gasteiger partial charge in [0.2, 0.25) is 0 Å². The number of aromatic amines is 1. The molecule has 3 aromatic heterocycles. The second kappa shape index (κ2) is 7.55. The van der Waals surface area contributed by atoms with Crippen molar-refractivity contribution in [2.24, 2.45) is 0 Å². The summed E-state index contributed by atoms with van der Waals surface area (Å²) in [6.07, 6.45) is 5.27. The Hall–Kier alpha value is -3.94. The smallest absolute Gasteiger partial charge is 0.270 e. The SMILES string of the molecule is Cc1ccc(C2(N(C)C(=O)c3cnn4c3CN(C(=O)c3cc5ccccc5[nH]3)CC4)CC2)nc1. The molecule has 1 N–H and O–H groups in total. The zero-order chi connectivity index (χ0) is 23.4. The lowest BCUT2D eigenvalue weighted by atomic mass is 10.1. The van der Waals surface area contributed by atoms with E-state index in [1.807, 2.05) is 67.3 Å². The van der Waals surface area contributed by atoms with Crippen LogP contribution in [0.25, 0.3) is 10.9 Å². The minimum atomic E-state index is -0.367. The first kappa shape index (κ1) is 20.7. The van der Waals surface area contributed by atoms with Gasteiger partial charge in [-0.15, -0.1) is 0 Å². The third-order valence-corrected chi connectivity index (χ3v) is 7.21. The summed E-state index contributed by atoms with van der Waals surface area (Å²) in [6, 6.07) is 13.8. The van der Waals surface area contributed by atoms with Gasteiger partial charge in [0.05, 0.1) is 41.8 Å². The second-order valence-electron chi connectivity index (χ2n) is 9.34. The highest BCUT2D eigenvalue weighted by Gasteiger charge is 2.51. The molecule has 4 heterocycles. The van der Waals surface area contributed by atoms with E-state index in [1.165, 1.54) is 0 Å². The minimum absolute atomic E-state index is 0.0714. The summed E-state index contributed by atoms with van der Waals surface area (Å²) in [5.41, 5.74) is 4.47. The van der Waals surface area contributed by atoms with Gasteiger partial charge in [-0.05, 0) is 43.5 Å². The molecule has 0 radical (unpaired) electrons. The van der Waals surface area contributed by atoms with Crippen LogP contribution in [0, 0.1) is 6.92 Å². The first-order valence-electron chi connectivity index (χ1n) is 11.6. The monoisotopic (exact) mass is 454 g/mol. The Bertz CT molecular complexity index is 1380. The largest absolute Gasteiger partial charge is 0.351 e. The molecule has 2 amide bonds. The van der Waals surface area contributed by atoms with Gasteiger partial charge in [-0.2, -0.15) is 5.10 Å². The zero-order valence-corrected chi connectivity index (χ0v) is 19.3. The van der Waals surface area contributed by atoms with Crippen LogP contribution in [0.2, 0.25) is 0 Å². The van der Waals surface area contributed by atoms with E-state index in [0.717, 1.165) is 40.7 Å². The number of fused-ring (bicyclic) bond motifs is 2. The van der Waals surface area contributed by atoms with Crippen LogP contribution in [-0.4, -0.2) is 55.0 Å².